The van der Waals surface area contributed by atoms with Crippen LogP contribution in [0.4, 0.5) is 0 Å². The van der Waals surface area contributed by atoms with E-state index >= 15 is 0 Å². The van der Waals surface area contributed by atoms with Crippen molar-refractivity contribution in [3.63, 3.8) is 0 Å². The zero-order chi connectivity index (χ0) is 43.1. The van der Waals surface area contributed by atoms with Crippen molar-refractivity contribution in [3.05, 3.63) is 52.5 Å². The number of likely N-dealkylation sites (N-methyl/N-ethyl adjacent to an activating group) is 2. The summed E-state index contributed by atoms with van der Waals surface area (Å²) >= 11 is 1.51. The lowest BCUT2D eigenvalue weighted by atomic mass is 9.89. The van der Waals surface area contributed by atoms with E-state index in [4.69, 9.17) is 15.2 Å². The highest BCUT2D eigenvalue weighted by atomic mass is 32.1. The van der Waals surface area contributed by atoms with Gasteiger partial charge in [-0.25, -0.2) is 4.98 Å². The topological polar surface area (TPSA) is 159 Å². The number of nitrogens with one attached hydrogen (secondary N) is 2. The summed E-state index contributed by atoms with van der Waals surface area (Å²) in [6, 6.07) is 7.74. The summed E-state index contributed by atoms with van der Waals surface area (Å²) < 4.78 is 12.1. The molecule has 1 aliphatic heterocycles. The van der Waals surface area contributed by atoms with Crippen LogP contribution in [0.3, 0.4) is 0 Å². The number of nitrogens with zero attached hydrogens (tertiary/aromatic N) is 4. The summed E-state index contributed by atoms with van der Waals surface area (Å²) in [5.41, 5.74) is 6.84. The molecule has 1 aromatic carbocycles. The molecule has 13 nitrogen and oxygen atoms in total. The number of carbonyl (C=O) groups is 4. The molecular formula is C44H73N7O6S. The first-order valence-electron chi connectivity index (χ1n) is 21.2. The standard InChI is InChI=1S/C44H73N7O6S/c1-12-30(6)39(50(9)44(55)37(28(2)3)48-42(54)38(29(4)5)49(8)23-17-21-45)35(56-10)27-36(52)51-24-16-20-34(51)40(57-11)31(7)41(53)47-33(43-46-22-25-58-43)26-32-18-14-13-15-19-32/h13-15,18-19,22,25,28-31,33-35,37-40H,12,16-17,20-21,23-24,26-27,45H2,1-11H3,(H,47,53)(H,48,54)/t30-,31+,33?,34-,35+,37-,38?,39?,40+/m0/s1. The van der Waals surface area contributed by atoms with Crippen LogP contribution < -0.4 is 16.4 Å². The molecule has 58 heavy (non-hydrogen) atoms. The summed E-state index contributed by atoms with van der Waals surface area (Å²) in [6.45, 7) is 15.6. The molecule has 3 unspecified atom stereocenters. The van der Waals surface area contributed by atoms with Crippen LogP contribution in [0, 0.1) is 23.7 Å². The van der Waals surface area contributed by atoms with Gasteiger partial charge in [-0.1, -0.05) is 85.2 Å². The quantitative estimate of drug-likeness (QED) is 0.134. The van der Waals surface area contributed by atoms with Crippen molar-refractivity contribution >= 4 is 35.0 Å². The number of carbonyl (C=O) groups excluding carboxylic acids is 4. The maximum absolute atomic E-state index is 14.4. The third-order valence-electron chi connectivity index (χ3n) is 11.9. The number of amides is 4. The molecule has 0 spiro atoms. The lowest BCUT2D eigenvalue weighted by Crippen LogP contribution is -2.60. The Morgan fingerprint density at radius 3 is 2.22 bits per heavy atom. The molecule has 2 heterocycles. The smallest absolute Gasteiger partial charge is 0.245 e. The lowest BCUT2D eigenvalue weighted by molar-refractivity contribution is -0.148. The van der Waals surface area contributed by atoms with E-state index in [9.17, 15) is 19.2 Å². The van der Waals surface area contributed by atoms with Crippen molar-refractivity contribution in [1.29, 1.82) is 0 Å². The number of nitrogens with two attached hydrogens (primary N) is 1. The van der Waals surface area contributed by atoms with Crippen LogP contribution >= 0.6 is 11.3 Å². The number of thiazole rings is 1. The molecule has 326 valence electrons. The van der Waals surface area contributed by atoms with Crippen LogP contribution in [-0.4, -0.2) is 128 Å². The van der Waals surface area contributed by atoms with Crippen LogP contribution in [0.1, 0.15) is 97.2 Å². The highest BCUT2D eigenvalue weighted by Crippen LogP contribution is 2.30. The minimum atomic E-state index is -0.776. The zero-order valence-electron chi connectivity index (χ0n) is 37.0. The van der Waals surface area contributed by atoms with E-state index in [2.05, 4.69) is 29.5 Å². The Labute approximate surface area is 352 Å². The van der Waals surface area contributed by atoms with Gasteiger partial charge in [0.25, 0.3) is 0 Å². The van der Waals surface area contributed by atoms with Crippen molar-refractivity contribution in [2.24, 2.45) is 29.4 Å². The summed E-state index contributed by atoms with van der Waals surface area (Å²) in [4.78, 5) is 66.5. The maximum Gasteiger partial charge on any atom is 0.245 e. The molecule has 1 fully saturated rings. The van der Waals surface area contributed by atoms with Crippen LogP contribution in [0.25, 0.3) is 0 Å². The van der Waals surface area contributed by atoms with E-state index in [1.165, 1.54) is 11.3 Å². The molecule has 1 aromatic heterocycles. The van der Waals surface area contributed by atoms with E-state index in [0.717, 1.165) is 29.8 Å². The third-order valence-corrected chi connectivity index (χ3v) is 12.8. The molecule has 1 aliphatic rings. The molecule has 4 amide bonds. The SMILES string of the molecule is CC[C@H](C)C([C@@H](CC(=O)N1CCC[C@H]1[C@H](OC)[C@@H](C)C(=O)NC(Cc1ccccc1)c1nccs1)OC)N(C)C(=O)[C@@H](NC(=O)C(C(C)C)N(C)CCCN)C(C)C. The summed E-state index contributed by atoms with van der Waals surface area (Å²) in [7, 11) is 6.85. The van der Waals surface area contributed by atoms with E-state index in [0.29, 0.717) is 32.5 Å². The molecule has 4 N–H and O–H groups in total. The average Bonchev–Trinajstić information content (AvgIpc) is 3.92. The first-order valence-corrected chi connectivity index (χ1v) is 22.0. The molecule has 0 radical (unpaired) electrons. The normalized spacial score (nSPS) is 18.7. The van der Waals surface area contributed by atoms with Gasteiger partial charge in [-0.3, -0.25) is 24.1 Å². The van der Waals surface area contributed by atoms with Gasteiger partial charge in [-0.15, -0.1) is 11.3 Å². The van der Waals surface area contributed by atoms with Crippen molar-refractivity contribution in [2.75, 3.05) is 47.9 Å². The summed E-state index contributed by atoms with van der Waals surface area (Å²) in [5, 5.41) is 9.07. The van der Waals surface area contributed by atoms with Gasteiger partial charge in [0.2, 0.25) is 23.6 Å². The molecule has 0 bridgehead atoms. The number of methoxy groups -OCH3 is 2. The minimum Gasteiger partial charge on any atom is -0.379 e. The van der Waals surface area contributed by atoms with Crippen molar-refractivity contribution in [2.45, 2.75) is 129 Å². The number of hydrogen-bond acceptors (Lipinski definition) is 10. The fourth-order valence-corrected chi connectivity index (χ4v) is 9.22. The van der Waals surface area contributed by atoms with E-state index < -0.39 is 36.3 Å². The molecule has 3 rings (SSSR count). The highest BCUT2D eigenvalue weighted by Gasteiger charge is 2.43. The number of aromatic nitrogens is 1. The molecular weight excluding hydrogens is 755 g/mol. The van der Waals surface area contributed by atoms with Gasteiger partial charge in [0.1, 0.15) is 11.0 Å². The van der Waals surface area contributed by atoms with Gasteiger partial charge in [0.05, 0.1) is 48.7 Å². The van der Waals surface area contributed by atoms with Crippen molar-refractivity contribution < 1.29 is 28.7 Å². The summed E-state index contributed by atoms with van der Waals surface area (Å²) in [6.07, 6.45) is 4.20. The number of ether oxygens (including phenoxy) is 2. The number of hydrogen-bond donors (Lipinski definition) is 3. The molecule has 9 atom stereocenters. The van der Waals surface area contributed by atoms with Crippen molar-refractivity contribution in [1.82, 2.24) is 30.3 Å². The Hall–Kier alpha value is -3.43. The maximum atomic E-state index is 14.4. The Kier molecular flexibility index (Phi) is 20.2. The Bertz CT molecular complexity index is 1550. The molecule has 2 aromatic rings. The molecule has 0 aliphatic carbocycles. The van der Waals surface area contributed by atoms with E-state index in [1.807, 2.05) is 87.2 Å². The third kappa shape index (κ3) is 13.0. The predicted octanol–water partition coefficient (Wildman–Crippen LogP) is 4.91. The van der Waals surface area contributed by atoms with Crippen LogP contribution in [0.2, 0.25) is 0 Å². The van der Waals surface area contributed by atoms with Gasteiger partial charge < -0.3 is 35.6 Å². The van der Waals surface area contributed by atoms with Gasteiger partial charge in [-0.2, -0.15) is 0 Å². The van der Waals surface area contributed by atoms with E-state index in [-0.39, 0.29) is 59.9 Å². The number of likely N-dealkylation sites (tertiary alicyclic amines) is 1. The van der Waals surface area contributed by atoms with Crippen LogP contribution in [0.15, 0.2) is 41.9 Å². The fraction of sp³-hybridized carbons (Fsp3) is 0.705. The molecule has 14 heteroatoms. The monoisotopic (exact) mass is 828 g/mol. The number of benzene rings is 1. The Morgan fingerprint density at radius 2 is 1.67 bits per heavy atom. The zero-order valence-corrected chi connectivity index (χ0v) is 37.8. The Balaban J connectivity index is 1.79. The number of rotatable bonds is 24. The van der Waals surface area contributed by atoms with Gasteiger partial charge >= 0.3 is 0 Å². The van der Waals surface area contributed by atoms with Crippen LogP contribution in [-0.2, 0) is 35.1 Å². The first kappa shape index (κ1) is 48.9. The lowest BCUT2D eigenvalue weighted by Gasteiger charge is -2.41. The molecule has 0 saturated carbocycles. The second kappa shape index (κ2) is 24.0. The second-order valence-electron chi connectivity index (χ2n) is 16.8. The predicted molar refractivity (Wildman–Crippen MR) is 231 cm³/mol. The fourth-order valence-electron chi connectivity index (χ4n) is 8.53. The minimum absolute atomic E-state index is 0.0183. The Morgan fingerprint density at radius 1 is 0.983 bits per heavy atom. The van der Waals surface area contributed by atoms with Gasteiger partial charge in [0, 0.05) is 39.4 Å². The van der Waals surface area contributed by atoms with Gasteiger partial charge in [0.15, 0.2) is 0 Å². The summed E-state index contributed by atoms with van der Waals surface area (Å²) in [5.74, 6) is -1.45. The first-order chi connectivity index (χ1) is 27.6. The largest absolute Gasteiger partial charge is 0.379 e. The van der Waals surface area contributed by atoms with E-state index in [1.54, 1.807) is 32.4 Å². The molecule has 1 saturated heterocycles. The highest BCUT2D eigenvalue weighted by molar-refractivity contribution is 7.09. The average molecular weight is 828 g/mol. The second-order valence-corrected chi connectivity index (χ2v) is 17.7. The van der Waals surface area contributed by atoms with Gasteiger partial charge in [-0.05, 0) is 69.1 Å². The van der Waals surface area contributed by atoms with Crippen LogP contribution in [0.5, 0.6) is 0 Å². The van der Waals surface area contributed by atoms with Crippen molar-refractivity contribution in [3.8, 4) is 0 Å².